The lowest BCUT2D eigenvalue weighted by atomic mass is 10.1. The fraction of sp³-hybridized carbons (Fsp3) is 0.412. The SMILES string of the molecule is CCNC(=O)[C@@H]1CCN(Cc2ccc(C(=O)Nc3cnns3)cc2)C1. The number of anilines is 1. The fourth-order valence-corrected chi connectivity index (χ4v) is 3.35. The van der Waals surface area contributed by atoms with E-state index < -0.39 is 0 Å². The lowest BCUT2D eigenvalue weighted by molar-refractivity contribution is -0.124. The molecule has 7 nitrogen and oxygen atoms in total. The maximum atomic E-state index is 12.1. The van der Waals surface area contributed by atoms with E-state index in [9.17, 15) is 9.59 Å². The average molecular weight is 359 g/mol. The molecule has 2 heterocycles. The summed E-state index contributed by atoms with van der Waals surface area (Å²) in [4.78, 5) is 26.3. The summed E-state index contributed by atoms with van der Waals surface area (Å²) >= 11 is 1.14. The second kappa shape index (κ2) is 8.17. The van der Waals surface area contributed by atoms with Crippen LogP contribution < -0.4 is 10.6 Å². The molecular weight excluding hydrogens is 338 g/mol. The van der Waals surface area contributed by atoms with Crippen molar-refractivity contribution < 1.29 is 9.59 Å². The predicted molar refractivity (Wildman–Crippen MR) is 96.4 cm³/mol. The predicted octanol–water partition coefficient (Wildman–Crippen LogP) is 1.75. The van der Waals surface area contributed by atoms with Gasteiger partial charge in [-0.3, -0.25) is 14.5 Å². The van der Waals surface area contributed by atoms with E-state index in [2.05, 4.69) is 25.1 Å². The molecule has 1 aromatic carbocycles. The van der Waals surface area contributed by atoms with E-state index in [1.54, 1.807) is 0 Å². The summed E-state index contributed by atoms with van der Waals surface area (Å²) in [6.45, 7) is 5.11. The third-order valence-electron chi connectivity index (χ3n) is 4.21. The summed E-state index contributed by atoms with van der Waals surface area (Å²) in [5.74, 6) is 0.0580. The normalized spacial score (nSPS) is 17.4. The summed E-state index contributed by atoms with van der Waals surface area (Å²) in [5, 5.41) is 9.97. The number of hydrogen-bond acceptors (Lipinski definition) is 6. The number of nitrogens with one attached hydrogen (secondary N) is 2. The van der Waals surface area contributed by atoms with Gasteiger partial charge in [0.1, 0.15) is 5.00 Å². The molecule has 1 aromatic heterocycles. The number of carbonyl (C=O) groups excluding carboxylic acids is 2. The van der Waals surface area contributed by atoms with Gasteiger partial charge in [-0.2, -0.15) is 0 Å². The molecule has 8 heteroatoms. The zero-order chi connectivity index (χ0) is 17.6. The minimum Gasteiger partial charge on any atom is -0.356 e. The van der Waals surface area contributed by atoms with Crippen LogP contribution in [-0.4, -0.2) is 45.9 Å². The molecular formula is C17H21N5O2S. The molecule has 1 aliphatic rings. The van der Waals surface area contributed by atoms with E-state index in [4.69, 9.17) is 0 Å². The Morgan fingerprint density at radius 3 is 2.80 bits per heavy atom. The zero-order valence-electron chi connectivity index (χ0n) is 14.1. The highest BCUT2D eigenvalue weighted by Crippen LogP contribution is 2.19. The molecule has 0 radical (unpaired) electrons. The highest BCUT2D eigenvalue weighted by Gasteiger charge is 2.27. The maximum absolute atomic E-state index is 12.1. The number of likely N-dealkylation sites (tertiary alicyclic amines) is 1. The van der Waals surface area contributed by atoms with Crippen molar-refractivity contribution >= 4 is 28.3 Å². The van der Waals surface area contributed by atoms with Crippen molar-refractivity contribution in [3.05, 3.63) is 41.6 Å². The van der Waals surface area contributed by atoms with Crippen LogP contribution in [0.1, 0.15) is 29.3 Å². The van der Waals surface area contributed by atoms with Gasteiger partial charge in [-0.15, -0.1) is 5.10 Å². The monoisotopic (exact) mass is 359 g/mol. The Morgan fingerprint density at radius 1 is 1.32 bits per heavy atom. The molecule has 1 saturated heterocycles. The third kappa shape index (κ3) is 4.61. The van der Waals surface area contributed by atoms with E-state index in [0.29, 0.717) is 17.1 Å². The van der Waals surface area contributed by atoms with Crippen molar-refractivity contribution in [1.29, 1.82) is 0 Å². The first-order valence-electron chi connectivity index (χ1n) is 8.33. The van der Waals surface area contributed by atoms with Crippen molar-refractivity contribution in [2.24, 2.45) is 5.92 Å². The van der Waals surface area contributed by atoms with Gasteiger partial charge < -0.3 is 10.6 Å². The summed E-state index contributed by atoms with van der Waals surface area (Å²) < 4.78 is 3.71. The number of aromatic nitrogens is 2. The van der Waals surface area contributed by atoms with Gasteiger partial charge in [0.25, 0.3) is 5.91 Å². The number of amides is 2. The summed E-state index contributed by atoms with van der Waals surface area (Å²) in [7, 11) is 0. The molecule has 0 aliphatic carbocycles. The molecule has 1 aliphatic heterocycles. The van der Waals surface area contributed by atoms with Crippen molar-refractivity contribution in [3.63, 3.8) is 0 Å². The van der Waals surface area contributed by atoms with Gasteiger partial charge in [0.2, 0.25) is 5.91 Å². The van der Waals surface area contributed by atoms with Crippen LogP contribution in [0.3, 0.4) is 0 Å². The highest BCUT2D eigenvalue weighted by molar-refractivity contribution is 7.10. The van der Waals surface area contributed by atoms with Gasteiger partial charge in [-0.1, -0.05) is 16.6 Å². The van der Waals surface area contributed by atoms with Crippen LogP contribution in [0.15, 0.2) is 30.5 Å². The van der Waals surface area contributed by atoms with Crippen LogP contribution in [0.25, 0.3) is 0 Å². The summed E-state index contributed by atoms with van der Waals surface area (Å²) in [5.41, 5.74) is 1.73. The van der Waals surface area contributed by atoms with Gasteiger partial charge >= 0.3 is 0 Å². The maximum Gasteiger partial charge on any atom is 0.256 e. The van der Waals surface area contributed by atoms with Gasteiger partial charge in [0.15, 0.2) is 0 Å². The van der Waals surface area contributed by atoms with Gasteiger partial charge in [-0.25, -0.2) is 0 Å². The summed E-state index contributed by atoms with van der Waals surface area (Å²) in [6.07, 6.45) is 2.42. The molecule has 1 atom stereocenters. The van der Waals surface area contributed by atoms with E-state index in [0.717, 1.165) is 43.2 Å². The Kier molecular flexibility index (Phi) is 5.72. The van der Waals surface area contributed by atoms with Crippen molar-refractivity contribution in [2.75, 3.05) is 25.0 Å². The molecule has 2 N–H and O–H groups in total. The quantitative estimate of drug-likeness (QED) is 0.820. The van der Waals surface area contributed by atoms with Crippen LogP contribution in [0, 0.1) is 5.92 Å². The van der Waals surface area contributed by atoms with Crippen LogP contribution >= 0.6 is 11.5 Å². The summed E-state index contributed by atoms with van der Waals surface area (Å²) in [6, 6.07) is 7.55. The molecule has 132 valence electrons. The van der Waals surface area contributed by atoms with Crippen LogP contribution in [0.5, 0.6) is 0 Å². The largest absolute Gasteiger partial charge is 0.356 e. The average Bonchev–Trinajstić information content (AvgIpc) is 3.28. The fourth-order valence-electron chi connectivity index (χ4n) is 2.93. The molecule has 25 heavy (non-hydrogen) atoms. The molecule has 0 saturated carbocycles. The van der Waals surface area contributed by atoms with Crippen molar-refractivity contribution in [2.45, 2.75) is 19.9 Å². The molecule has 0 bridgehead atoms. The van der Waals surface area contributed by atoms with Crippen molar-refractivity contribution in [3.8, 4) is 0 Å². The molecule has 0 unspecified atom stereocenters. The van der Waals surface area contributed by atoms with Crippen molar-refractivity contribution in [1.82, 2.24) is 19.8 Å². The van der Waals surface area contributed by atoms with E-state index in [-0.39, 0.29) is 17.7 Å². The second-order valence-corrected chi connectivity index (χ2v) is 6.83. The van der Waals surface area contributed by atoms with Gasteiger partial charge in [0, 0.05) is 36.7 Å². The number of carbonyl (C=O) groups is 2. The first-order valence-corrected chi connectivity index (χ1v) is 9.10. The Labute approximate surface area is 150 Å². The number of hydrogen-bond donors (Lipinski definition) is 2. The molecule has 3 rings (SSSR count). The van der Waals surface area contributed by atoms with Crippen LogP contribution in [0.4, 0.5) is 5.00 Å². The first kappa shape index (κ1) is 17.5. The number of benzene rings is 1. The Hall–Kier alpha value is -2.32. The van der Waals surface area contributed by atoms with E-state index in [1.807, 2.05) is 31.2 Å². The Balaban J connectivity index is 1.53. The Bertz CT molecular complexity index is 717. The first-order chi connectivity index (χ1) is 12.2. The Morgan fingerprint density at radius 2 is 2.12 bits per heavy atom. The third-order valence-corrected chi connectivity index (χ3v) is 4.79. The minimum atomic E-state index is -0.171. The van der Waals surface area contributed by atoms with E-state index in [1.165, 1.54) is 6.20 Å². The molecule has 2 aromatic rings. The standard InChI is InChI=1S/C17H21N5O2S/c1-2-18-16(23)14-7-8-22(11-14)10-12-3-5-13(6-4-12)17(24)20-15-9-19-21-25-15/h3-6,9,14H,2,7-8,10-11H2,1H3,(H,18,23)(H,20,24)/t14-/m1/s1. The minimum absolute atomic E-state index is 0.0815. The molecule has 0 spiro atoms. The molecule has 1 fully saturated rings. The number of rotatable bonds is 6. The second-order valence-electron chi connectivity index (χ2n) is 6.05. The smallest absolute Gasteiger partial charge is 0.256 e. The van der Waals surface area contributed by atoms with Crippen LogP contribution in [0.2, 0.25) is 0 Å². The highest BCUT2D eigenvalue weighted by atomic mass is 32.1. The van der Waals surface area contributed by atoms with Gasteiger partial charge in [0.05, 0.1) is 12.1 Å². The topological polar surface area (TPSA) is 87.2 Å². The van der Waals surface area contributed by atoms with E-state index >= 15 is 0 Å². The van der Waals surface area contributed by atoms with Gasteiger partial charge in [-0.05, 0) is 37.6 Å². The zero-order valence-corrected chi connectivity index (χ0v) is 14.9. The molecule has 2 amide bonds. The van der Waals surface area contributed by atoms with Crippen LogP contribution in [-0.2, 0) is 11.3 Å². The lowest BCUT2D eigenvalue weighted by Crippen LogP contribution is -2.32. The number of nitrogens with zero attached hydrogens (tertiary/aromatic N) is 3. The lowest BCUT2D eigenvalue weighted by Gasteiger charge is -2.16.